The summed E-state index contributed by atoms with van der Waals surface area (Å²) in [6.07, 6.45) is 7.91. The third-order valence-electron chi connectivity index (χ3n) is 4.49. The summed E-state index contributed by atoms with van der Waals surface area (Å²) in [5.74, 6) is -0.0630. The predicted molar refractivity (Wildman–Crippen MR) is 80.8 cm³/mol. The highest BCUT2D eigenvalue weighted by atomic mass is 16.5. The molecule has 5 heteroatoms. The van der Waals surface area contributed by atoms with Crippen LogP contribution in [0.4, 0.5) is 0 Å². The number of carbonyl (C=O) groups excluding carboxylic acids is 2. The van der Waals surface area contributed by atoms with E-state index in [-0.39, 0.29) is 17.7 Å². The van der Waals surface area contributed by atoms with Crippen molar-refractivity contribution in [3.05, 3.63) is 0 Å². The van der Waals surface area contributed by atoms with E-state index in [1.165, 1.54) is 32.1 Å². The van der Waals surface area contributed by atoms with Gasteiger partial charge in [0.15, 0.2) is 0 Å². The van der Waals surface area contributed by atoms with Gasteiger partial charge in [-0.3, -0.25) is 9.59 Å². The van der Waals surface area contributed by atoms with Crippen LogP contribution in [0.15, 0.2) is 0 Å². The van der Waals surface area contributed by atoms with Crippen LogP contribution in [0.3, 0.4) is 0 Å². The number of nitrogens with zero attached hydrogens (tertiary/aromatic N) is 1. The molecule has 1 saturated heterocycles. The summed E-state index contributed by atoms with van der Waals surface area (Å²) in [7, 11) is 0. The highest BCUT2D eigenvalue weighted by Crippen LogP contribution is 2.20. The first-order valence-electron chi connectivity index (χ1n) is 8.37. The van der Waals surface area contributed by atoms with Crippen molar-refractivity contribution in [3.8, 4) is 0 Å². The standard InChI is InChI=1S/C16H28N2O3/c1-2-18-12-13(11-15(18)19)16(20)17-9-6-10-21-14-7-4-3-5-8-14/h13-14H,2-12H2,1H3,(H,17,20)/t13-/m0/s1. The maximum Gasteiger partial charge on any atom is 0.225 e. The van der Waals surface area contributed by atoms with Gasteiger partial charge < -0.3 is 15.0 Å². The molecule has 0 spiro atoms. The van der Waals surface area contributed by atoms with Crippen LogP contribution < -0.4 is 5.32 Å². The van der Waals surface area contributed by atoms with Gasteiger partial charge in [0.2, 0.25) is 11.8 Å². The molecule has 120 valence electrons. The molecule has 2 amide bonds. The molecule has 0 radical (unpaired) electrons. The first-order valence-corrected chi connectivity index (χ1v) is 8.37. The van der Waals surface area contributed by atoms with Gasteiger partial charge in [0.05, 0.1) is 12.0 Å². The maximum absolute atomic E-state index is 12.0. The summed E-state index contributed by atoms with van der Waals surface area (Å²) >= 11 is 0. The van der Waals surface area contributed by atoms with Crippen LogP contribution in [0.5, 0.6) is 0 Å². The van der Waals surface area contributed by atoms with E-state index in [1.54, 1.807) is 4.90 Å². The maximum atomic E-state index is 12.0. The van der Waals surface area contributed by atoms with Crippen LogP contribution in [-0.4, -0.2) is 49.1 Å². The molecule has 2 aliphatic rings. The van der Waals surface area contributed by atoms with Crippen molar-refractivity contribution in [1.29, 1.82) is 0 Å². The molecule has 1 aliphatic carbocycles. The number of likely N-dealkylation sites (tertiary alicyclic amines) is 1. The van der Waals surface area contributed by atoms with Gasteiger partial charge in [-0.2, -0.15) is 0 Å². The minimum absolute atomic E-state index is 0.0111. The quantitative estimate of drug-likeness (QED) is 0.728. The third-order valence-corrected chi connectivity index (χ3v) is 4.49. The molecule has 1 atom stereocenters. The Hall–Kier alpha value is -1.10. The van der Waals surface area contributed by atoms with E-state index in [4.69, 9.17) is 4.74 Å². The van der Waals surface area contributed by atoms with Gasteiger partial charge in [0.1, 0.15) is 0 Å². The molecule has 1 N–H and O–H groups in total. The number of hydrogen-bond acceptors (Lipinski definition) is 3. The van der Waals surface area contributed by atoms with E-state index in [0.717, 1.165) is 13.0 Å². The van der Waals surface area contributed by atoms with Crippen molar-refractivity contribution in [2.75, 3.05) is 26.2 Å². The van der Waals surface area contributed by atoms with Crippen molar-refractivity contribution in [1.82, 2.24) is 10.2 Å². The number of hydrogen-bond donors (Lipinski definition) is 1. The molecule has 5 nitrogen and oxygen atoms in total. The van der Waals surface area contributed by atoms with E-state index in [2.05, 4.69) is 5.32 Å². The Kier molecular flexibility index (Phi) is 6.49. The number of ether oxygens (including phenoxy) is 1. The fraction of sp³-hybridized carbons (Fsp3) is 0.875. The number of amides is 2. The Morgan fingerprint density at radius 3 is 2.76 bits per heavy atom. The lowest BCUT2D eigenvalue weighted by atomic mass is 9.98. The molecular formula is C16H28N2O3. The second kappa shape index (κ2) is 8.37. The molecule has 0 aromatic heterocycles. The first-order chi connectivity index (χ1) is 10.2. The highest BCUT2D eigenvalue weighted by molar-refractivity contribution is 5.89. The molecule has 1 heterocycles. The Morgan fingerprint density at radius 2 is 2.10 bits per heavy atom. The Labute approximate surface area is 127 Å². The SMILES string of the molecule is CCN1C[C@@H](C(=O)NCCCOC2CCCCC2)CC1=O. The zero-order valence-electron chi connectivity index (χ0n) is 13.1. The van der Waals surface area contributed by atoms with Crippen LogP contribution in [0, 0.1) is 5.92 Å². The summed E-state index contributed by atoms with van der Waals surface area (Å²) in [6, 6.07) is 0. The van der Waals surface area contributed by atoms with Gasteiger partial charge in [-0.25, -0.2) is 0 Å². The molecular weight excluding hydrogens is 268 g/mol. The lowest BCUT2D eigenvalue weighted by Gasteiger charge is -2.22. The Balaban J connectivity index is 1.54. The van der Waals surface area contributed by atoms with Gasteiger partial charge in [-0.05, 0) is 26.2 Å². The fourth-order valence-corrected chi connectivity index (χ4v) is 3.16. The molecule has 1 aliphatic heterocycles. The minimum Gasteiger partial charge on any atom is -0.378 e. The second-order valence-electron chi connectivity index (χ2n) is 6.11. The topological polar surface area (TPSA) is 58.6 Å². The number of nitrogens with one attached hydrogen (secondary N) is 1. The molecule has 0 unspecified atom stereocenters. The third kappa shape index (κ3) is 4.99. The van der Waals surface area contributed by atoms with Crippen LogP contribution >= 0.6 is 0 Å². The largest absolute Gasteiger partial charge is 0.378 e. The van der Waals surface area contributed by atoms with Crippen molar-refractivity contribution >= 4 is 11.8 Å². The molecule has 0 bridgehead atoms. The van der Waals surface area contributed by atoms with Crippen molar-refractivity contribution in [3.63, 3.8) is 0 Å². The van der Waals surface area contributed by atoms with Crippen LogP contribution in [0.25, 0.3) is 0 Å². The minimum atomic E-state index is -0.170. The molecule has 1 saturated carbocycles. The van der Waals surface area contributed by atoms with Crippen LogP contribution in [0.1, 0.15) is 51.9 Å². The van der Waals surface area contributed by atoms with Gasteiger partial charge in [0.25, 0.3) is 0 Å². The lowest BCUT2D eigenvalue weighted by Crippen LogP contribution is -2.34. The van der Waals surface area contributed by atoms with Gasteiger partial charge >= 0.3 is 0 Å². The lowest BCUT2D eigenvalue weighted by molar-refractivity contribution is -0.128. The van der Waals surface area contributed by atoms with Crippen LogP contribution in [-0.2, 0) is 14.3 Å². The van der Waals surface area contributed by atoms with E-state index >= 15 is 0 Å². The monoisotopic (exact) mass is 296 g/mol. The second-order valence-corrected chi connectivity index (χ2v) is 6.11. The molecule has 21 heavy (non-hydrogen) atoms. The first kappa shape index (κ1) is 16.3. The summed E-state index contributed by atoms with van der Waals surface area (Å²) < 4.78 is 5.83. The summed E-state index contributed by atoms with van der Waals surface area (Å²) in [5.41, 5.74) is 0. The normalized spacial score (nSPS) is 23.6. The predicted octanol–water partition coefficient (Wildman–Crippen LogP) is 1.71. The van der Waals surface area contributed by atoms with Gasteiger partial charge in [-0.15, -0.1) is 0 Å². The molecule has 2 fully saturated rings. The highest BCUT2D eigenvalue weighted by Gasteiger charge is 2.32. The van der Waals surface area contributed by atoms with E-state index in [1.807, 2.05) is 6.92 Å². The Bertz CT molecular complexity index is 353. The zero-order valence-corrected chi connectivity index (χ0v) is 13.1. The van der Waals surface area contributed by atoms with Gasteiger partial charge in [0, 0.05) is 32.7 Å². The number of rotatable bonds is 7. The van der Waals surface area contributed by atoms with E-state index in [9.17, 15) is 9.59 Å². The summed E-state index contributed by atoms with van der Waals surface area (Å²) in [6.45, 7) is 4.57. The van der Waals surface area contributed by atoms with E-state index in [0.29, 0.717) is 32.2 Å². The summed E-state index contributed by atoms with van der Waals surface area (Å²) in [5, 5.41) is 2.93. The van der Waals surface area contributed by atoms with Crippen molar-refractivity contribution < 1.29 is 14.3 Å². The fourth-order valence-electron chi connectivity index (χ4n) is 3.16. The molecule has 0 aromatic rings. The molecule has 0 aromatic carbocycles. The zero-order chi connectivity index (χ0) is 15.1. The summed E-state index contributed by atoms with van der Waals surface area (Å²) in [4.78, 5) is 25.3. The smallest absolute Gasteiger partial charge is 0.225 e. The average molecular weight is 296 g/mol. The molecule has 2 rings (SSSR count). The average Bonchev–Trinajstić information content (AvgIpc) is 2.89. The Morgan fingerprint density at radius 1 is 1.33 bits per heavy atom. The van der Waals surface area contributed by atoms with E-state index < -0.39 is 0 Å². The van der Waals surface area contributed by atoms with Crippen molar-refractivity contribution in [2.45, 2.75) is 58.0 Å². The van der Waals surface area contributed by atoms with Gasteiger partial charge in [-0.1, -0.05) is 19.3 Å². The van der Waals surface area contributed by atoms with Crippen molar-refractivity contribution in [2.24, 2.45) is 5.92 Å². The van der Waals surface area contributed by atoms with Crippen LogP contribution in [0.2, 0.25) is 0 Å². The number of carbonyl (C=O) groups is 2.